The van der Waals surface area contributed by atoms with E-state index in [-0.39, 0.29) is 13.0 Å². The number of nitrogens with zero attached hydrogens (tertiary/aromatic N) is 1. The van der Waals surface area contributed by atoms with Gasteiger partial charge in [0, 0.05) is 11.3 Å². The molecule has 6 heteroatoms. The number of rotatable bonds is 7. The van der Waals surface area contributed by atoms with Crippen LogP contribution in [0, 0.1) is 26.2 Å². The number of para-hydroxylation sites is 1. The van der Waals surface area contributed by atoms with Crippen molar-refractivity contribution in [2.45, 2.75) is 20.3 Å². The number of nitrogens with one attached hydrogen (secondary N) is 2. The molecule has 0 heterocycles. The molecule has 27 heavy (non-hydrogen) atoms. The fourth-order valence-electron chi connectivity index (χ4n) is 2.22. The number of amides is 2. The first kappa shape index (κ1) is 19.7. The molecule has 0 spiro atoms. The van der Waals surface area contributed by atoms with Gasteiger partial charge in [0.25, 0.3) is 0 Å². The Labute approximate surface area is 158 Å². The lowest BCUT2D eigenvalue weighted by atomic mass is 10.1. The summed E-state index contributed by atoms with van der Waals surface area (Å²) in [5.41, 5.74) is 5.83. The molecule has 0 fully saturated rings. The molecule has 0 aliphatic heterocycles. The van der Waals surface area contributed by atoms with Gasteiger partial charge in [-0.2, -0.15) is 5.10 Å². The highest BCUT2D eigenvalue weighted by molar-refractivity contribution is 6.03. The largest absolute Gasteiger partial charge is 0.480 e. The van der Waals surface area contributed by atoms with Crippen LogP contribution in [0.2, 0.25) is 0 Å². The molecule has 0 bridgehead atoms. The van der Waals surface area contributed by atoms with E-state index in [1.165, 1.54) is 6.21 Å². The first-order chi connectivity index (χ1) is 13.0. The van der Waals surface area contributed by atoms with Crippen molar-refractivity contribution in [1.82, 2.24) is 5.43 Å². The number of ether oxygens (including phenoxy) is 1. The number of aryl methyl sites for hydroxylation is 2. The second-order valence-electron chi connectivity index (χ2n) is 5.85. The molecule has 0 aromatic heterocycles. The Morgan fingerprint density at radius 1 is 1.15 bits per heavy atom. The number of carbonyl (C=O) groups excluding carboxylic acids is 2. The fraction of sp³-hybridized carbons (Fsp3) is 0.190. The van der Waals surface area contributed by atoms with E-state index in [1.54, 1.807) is 24.3 Å². The van der Waals surface area contributed by atoms with Crippen LogP contribution in [0.1, 0.15) is 23.1 Å². The third-order valence-electron chi connectivity index (χ3n) is 3.73. The first-order valence-electron chi connectivity index (χ1n) is 8.34. The van der Waals surface area contributed by atoms with Crippen molar-refractivity contribution in [2.24, 2.45) is 5.10 Å². The quantitative estimate of drug-likeness (QED) is 0.344. The normalized spacial score (nSPS) is 10.3. The van der Waals surface area contributed by atoms with Gasteiger partial charge in [0.15, 0.2) is 0 Å². The molecule has 2 N–H and O–H groups in total. The maximum Gasteiger partial charge on any atom is 0.249 e. The molecule has 0 atom stereocenters. The molecule has 2 rings (SSSR count). The van der Waals surface area contributed by atoms with Crippen molar-refractivity contribution in [3.63, 3.8) is 0 Å². The summed E-state index contributed by atoms with van der Waals surface area (Å²) in [6.07, 6.45) is 6.28. The zero-order valence-corrected chi connectivity index (χ0v) is 15.3. The van der Waals surface area contributed by atoms with E-state index in [1.807, 2.05) is 32.0 Å². The van der Waals surface area contributed by atoms with Gasteiger partial charge >= 0.3 is 0 Å². The van der Waals surface area contributed by atoms with Crippen LogP contribution < -0.4 is 15.5 Å². The number of hydrazone groups is 1. The summed E-state index contributed by atoms with van der Waals surface area (Å²) in [5.74, 6) is 2.01. The lowest BCUT2D eigenvalue weighted by Gasteiger charge is -2.07. The highest BCUT2D eigenvalue weighted by atomic mass is 16.5. The maximum absolute atomic E-state index is 12.0. The topological polar surface area (TPSA) is 79.8 Å². The predicted octanol–water partition coefficient (Wildman–Crippen LogP) is 2.79. The van der Waals surface area contributed by atoms with Crippen LogP contribution in [0.3, 0.4) is 0 Å². The minimum absolute atomic E-state index is 0.135. The average molecular weight is 363 g/mol. The van der Waals surface area contributed by atoms with Crippen LogP contribution in [0.5, 0.6) is 5.75 Å². The summed E-state index contributed by atoms with van der Waals surface area (Å²) in [5, 5.41) is 6.55. The highest BCUT2D eigenvalue weighted by Gasteiger charge is 2.09. The van der Waals surface area contributed by atoms with Gasteiger partial charge in [-0.1, -0.05) is 24.1 Å². The van der Waals surface area contributed by atoms with Gasteiger partial charge in [-0.3, -0.25) is 9.59 Å². The van der Waals surface area contributed by atoms with E-state index in [0.29, 0.717) is 17.0 Å². The minimum atomic E-state index is -0.519. The second kappa shape index (κ2) is 9.78. The Balaban J connectivity index is 1.87. The molecule has 0 unspecified atom stereocenters. The van der Waals surface area contributed by atoms with Crippen molar-refractivity contribution >= 4 is 23.7 Å². The standard InChI is InChI=1S/C21H21N3O3/c1-4-11-27-19-8-6-5-7-17(19)14-22-24-21(26)13-20(25)23-18-10-9-15(2)16(3)12-18/h1,5-10,12,14H,11,13H2,2-3H3,(H,23,25)(H,24,26). The smallest absolute Gasteiger partial charge is 0.249 e. The van der Waals surface area contributed by atoms with Crippen LogP contribution in [-0.4, -0.2) is 24.6 Å². The molecule has 2 aromatic rings. The molecule has 2 aromatic carbocycles. The maximum atomic E-state index is 12.0. The van der Waals surface area contributed by atoms with Crippen LogP contribution in [0.4, 0.5) is 5.69 Å². The van der Waals surface area contributed by atoms with Crippen LogP contribution >= 0.6 is 0 Å². The Hall–Kier alpha value is -3.59. The average Bonchev–Trinajstić information content (AvgIpc) is 2.64. The minimum Gasteiger partial charge on any atom is -0.480 e. The Morgan fingerprint density at radius 3 is 2.67 bits per heavy atom. The first-order valence-corrected chi connectivity index (χ1v) is 8.34. The number of terminal acetylenes is 1. The molecule has 0 saturated carbocycles. The van der Waals surface area contributed by atoms with E-state index in [0.717, 1.165) is 11.1 Å². The Kier molecular flexibility index (Phi) is 7.15. The summed E-state index contributed by atoms with van der Waals surface area (Å²) in [6.45, 7) is 4.08. The molecule has 138 valence electrons. The van der Waals surface area contributed by atoms with Gasteiger partial charge in [-0.15, -0.1) is 6.42 Å². The van der Waals surface area contributed by atoms with Crippen molar-refractivity contribution in [2.75, 3.05) is 11.9 Å². The van der Waals surface area contributed by atoms with E-state index >= 15 is 0 Å². The SMILES string of the molecule is C#CCOc1ccccc1C=NNC(=O)CC(=O)Nc1ccc(C)c(C)c1. The van der Waals surface area contributed by atoms with Gasteiger partial charge in [0.05, 0.1) is 6.21 Å². The molecular weight excluding hydrogens is 342 g/mol. The lowest BCUT2D eigenvalue weighted by molar-refractivity contribution is -0.126. The molecular formula is C21H21N3O3. The van der Waals surface area contributed by atoms with Crippen LogP contribution in [-0.2, 0) is 9.59 Å². The van der Waals surface area contributed by atoms with Crippen molar-refractivity contribution < 1.29 is 14.3 Å². The third kappa shape index (κ3) is 6.33. The van der Waals surface area contributed by atoms with Crippen LogP contribution in [0.25, 0.3) is 0 Å². The van der Waals surface area contributed by atoms with E-state index in [4.69, 9.17) is 11.2 Å². The van der Waals surface area contributed by atoms with Crippen molar-refractivity contribution in [1.29, 1.82) is 0 Å². The van der Waals surface area contributed by atoms with Crippen molar-refractivity contribution in [3.05, 3.63) is 59.2 Å². The second-order valence-corrected chi connectivity index (χ2v) is 5.85. The summed E-state index contributed by atoms with van der Waals surface area (Å²) < 4.78 is 5.39. The van der Waals surface area contributed by atoms with Gasteiger partial charge in [0.2, 0.25) is 11.8 Å². The summed E-state index contributed by atoms with van der Waals surface area (Å²) in [7, 11) is 0. The fourth-order valence-corrected chi connectivity index (χ4v) is 2.22. The Morgan fingerprint density at radius 2 is 1.93 bits per heavy atom. The van der Waals surface area contributed by atoms with E-state index in [9.17, 15) is 9.59 Å². The number of anilines is 1. The summed E-state index contributed by atoms with van der Waals surface area (Å²) in [6, 6.07) is 12.7. The predicted molar refractivity (Wildman–Crippen MR) is 106 cm³/mol. The van der Waals surface area contributed by atoms with Crippen LogP contribution in [0.15, 0.2) is 47.6 Å². The zero-order chi connectivity index (χ0) is 19.6. The number of benzene rings is 2. The molecule has 6 nitrogen and oxygen atoms in total. The Bertz CT molecular complexity index is 898. The van der Waals surface area contributed by atoms with Gasteiger partial charge in [-0.25, -0.2) is 5.43 Å². The molecule has 0 aliphatic rings. The number of hydrogen-bond acceptors (Lipinski definition) is 4. The van der Waals surface area contributed by atoms with Gasteiger partial charge < -0.3 is 10.1 Å². The van der Waals surface area contributed by atoms with Gasteiger partial charge in [-0.05, 0) is 49.2 Å². The van der Waals surface area contributed by atoms with E-state index in [2.05, 4.69) is 21.8 Å². The highest BCUT2D eigenvalue weighted by Crippen LogP contribution is 2.16. The third-order valence-corrected chi connectivity index (χ3v) is 3.73. The molecule has 0 saturated heterocycles. The van der Waals surface area contributed by atoms with E-state index < -0.39 is 11.8 Å². The molecule has 2 amide bonds. The van der Waals surface area contributed by atoms with Gasteiger partial charge in [0.1, 0.15) is 18.8 Å². The number of hydrogen-bond donors (Lipinski definition) is 2. The molecule has 0 aliphatic carbocycles. The lowest BCUT2D eigenvalue weighted by Crippen LogP contribution is -2.24. The summed E-state index contributed by atoms with van der Waals surface area (Å²) >= 11 is 0. The van der Waals surface area contributed by atoms with Crippen molar-refractivity contribution in [3.8, 4) is 18.1 Å². The summed E-state index contributed by atoms with van der Waals surface area (Å²) in [4.78, 5) is 23.8. The monoisotopic (exact) mass is 363 g/mol. The molecule has 0 radical (unpaired) electrons. The number of carbonyl (C=O) groups is 2. The zero-order valence-electron chi connectivity index (χ0n) is 15.3.